The first kappa shape index (κ1) is 17.7. The molecule has 1 aromatic carbocycles. The number of nitrogens with zero attached hydrogens (tertiary/aromatic N) is 2. The molecule has 1 aliphatic heterocycles. The minimum atomic E-state index is -4.54. The van der Waals surface area contributed by atoms with Gasteiger partial charge in [-0.1, -0.05) is 12.1 Å². The first-order chi connectivity index (χ1) is 11.8. The predicted octanol–water partition coefficient (Wildman–Crippen LogP) is 2.05. The van der Waals surface area contributed by atoms with E-state index in [0.29, 0.717) is 19.5 Å². The van der Waals surface area contributed by atoms with Crippen molar-refractivity contribution in [1.82, 2.24) is 9.80 Å². The molecule has 1 saturated heterocycles. The SMILES string of the molecule is CN1CCN(C(=O)C2CC2C(=O)Nc2ccccc2C(F)(F)F)CC1. The number of piperazine rings is 1. The second-order valence-corrected chi connectivity index (χ2v) is 6.61. The van der Waals surface area contributed by atoms with E-state index in [0.717, 1.165) is 19.2 Å². The molecule has 1 saturated carbocycles. The Balaban J connectivity index is 1.60. The zero-order chi connectivity index (χ0) is 18.2. The van der Waals surface area contributed by atoms with Crippen LogP contribution < -0.4 is 5.32 Å². The van der Waals surface area contributed by atoms with Crippen LogP contribution in [0.25, 0.3) is 0 Å². The van der Waals surface area contributed by atoms with Gasteiger partial charge in [0.2, 0.25) is 11.8 Å². The molecular formula is C17H20F3N3O2. The number of alkyl halides is 3. The molecule has 2 atom stereocenters. The van der Waals surface area contributed by atoms with Crippen LogP contribution in [-0.4, -0.2) is 54.8 Å². The normalized spacial score (nSPS) is 24.1. The fourth-order valence-electron chi connectivity index (χ4n) is 3.08. The summed E-state index contributed by atoms with van der Waals surface area (Å²) in [6.07, 6.45) is -4.15. The van der Waals surface area contributed by atoms with Gasteiger partial charge in [-0.2, -0.15) is 13.2 Å². The molecule has 5 nitrogen and oxygen atoms in total. The lowest BCUT2D eigenvalue weighted by molar-refractivity contribution is -0.137. The van der Waals surface area contributed by atoms with Crippen molar-refractivity contribution in [3.63, 3.8) is 0 Å². The number of likely N-dealkylation sites (N-methyl/N-ethyl adjacent to an activating group) is 1. The first-order valence-corrected chi connectivity index (χ1v) is 8.22. The molecule has 0 bridgehead atoms. The highest BCUT2D eigenvalue weighted by atomic mass is 19.4. The van der Waals surface area contributed by atoms with Crippen molar-refractivity contribution in [2.75, 3.05) is 38.5 Å². The number of carbonyl (C=O) groups is 2. The van der Waals surface area contributed by atoms with Crippen LogP contribution in [0.15, 0.2) is 24.3 Å². The van der Waals surface area contributed by atoms with Crippen molar-refractivity contribution in [2.45, 2.75) is 12.6 Å². The van der Waals surface area contributed by atoms with Crippen molar-refractivity contribution in [2.24, 2.45) is 11.8 Å². The summed E-state index contributed by atoms with van der Waals surface area (Å²) in [6, 6.07) is 4.86. The quantitative estimate of drug-likeness (QED) is 0.903. The number of rotatable bonds is 3. The zero-order valence-electron chi connectivity index (χ0n) is 13.8. The lowest BCUT2D eigenvalue weighted by Gasteiger charge is -2.32. The maximum absolute atomic E-state index is 13.0. The van der Waals surface area contributed by atoms with Gasteiger partial charge in [-0.05, 0) is 25.6 Å². The zero-order valence-corrected chi connectivity index (χ0v) is 13.8. The fraction of sp³-hybridized carbons (Fsp3) is 0.529. The molecule has 2 amide bonds. The van der Waals surface area contributed by atoms with E-state index >= 15 is 0 Å². The number of hydrogen-bond donors (Lipinski definition) is 1. The van der Waals surface area contributed by atoms with Gasteiger partial charge < -0.3 is 15.1 Å². The standard InChI is InChI=1S/C17H20F3N3O2/c1-22-6-8-23(9-7-22)16(25)12-10-11(12)15(24)21-14-5-3-2-4-13(14)17(18,19)20/h2-5,11-12H,6-10H2,1H3,(H,21,24). The van der Waals surface area contributed by atoms with E-state index in [9.17, 15) is 22.8 Å². The number of anilines is 1. The highest BCUT2D eigenvalue weighted by Crippen LogP contribution is 2.42. The van der Waals surface area contributed by atoms with Gasteiger partial charge in [0.1, 0.15) is 0 Å². The molecule has 0 spiro atoms. The molecule has 3 rings (SSSR count). The van der Waals surface area contributed by atoms with Crippen LogP contribution in [0.1, 0.15) is 12.0 Å². The largest absolute Gasteiger partial charge is 0.418 e. The number of amides is 2. The van der Waals surface area contributed by atoms with E-state index in [-0.39, 0.29) is 11.6 Å². The molecule has 1 aromatic rings. The number of benzene rings is 1. The number of nitrogens with one attached hydrogen (secondary N) is 1. The Hall–Kier alpha value is -2.09. The smallest absolute Gasteiger partial charge is 0.340 e. The number of para-hydroxylation sites is 1. The third-order valence-electron chi connectivity index (χ3n) is 4.75. The van der Waals surface area contributed by atoms with Gasteiger partial charge in [-0.15, -0.1) is 0 Å². The molecule has 8 heteroatoms. The van der Waals surface area contributed by atoms with Crippen LogP contribution in [0.3, 0.4) is 0 Å². The Bertz CT molecular complexity index is 669. The van der Waals surface area contributed by atoms with E-state index in [1.807, 2.05) is 7.05 Å². The molecule has 1 N–H and O–H groups in total. The molecule has 2 fully saturated rings. The maximum atomic E-state index is 13.0. The molecule has 2 unspecified atom stereocenters. The van der Waals surface area contributed by atoms with Gasteiger partial charge in [-0.25, -0.2) is 0 Å². The van der Waals surface area contributed by atoms with Crippen LogP contribution in [-0.2, 0) is 15.8 Å². The van der Waals surface area contributed by atoms with E-state index < -0.39 is 29.5 Å². The number of carbonyl (C=O) groups excluding carboxylic acids is 2. The van der Waals surface area contributed by atoms with Crippen molar-refractivity contribution >= 4 is 17.5 Å². The van der Waals surface area contributed by atoms with E-state index in [1.54, 1.807) is 4.90 Å². The summed E-state index contributed by atoms with van der Waals surface area (Å²) < 4.78 is 38.9. The highest BCUT2D eigenvalue weighted by Gasteiger charge is 2.50. The fourth-order valence-corrected chi connectivity index (χ4v) is 3.08. The lowest BCUT2D eigenvalue weighted by Crippen LogP contribution is -2.48. The minimum absolute atomic E-state index is 0.0719. The third-order valence-corrected chi connectivity index (χ3v) is 4.75. The summed E-state index contributed by atoms with van der Waals surface area (Å²) in [7, 11) is 1.98. The van der Waals surface area contributed by atoms with Crippen LogP contribution >= 0.6 is 0 Å². The van der Waals surface area contributed by atoms with Gasteiger partial charge in [0.25, 0.3) is 0 Å². The summed E-state index contributed by atoms with van der Waals surface area (Å²) in [5.41, 5.74) is -1.15. The first-order valence-electron chi connectivity index (χ1n) is 8.22. The topological polar surface area (TPSA) is 52.7 Å². The van der Waals surface area contributed by atoms with Crippen molar-refractivity contribution in [1.29, 1.82) is 0 Å². The maximum Gasteiger partial charge on any atom is 0.418 e. The second kappa shape index (κ2) is 6.67. The van der Waals surface area contributed by atoms with Crippen LogP contribution in [0, 0.1) is 11.8 Å². The third kappa shape index (κ3) is 3.95. The van der Waals surface area contributed by atoms with Gasteiger partial charge in [0.15, 0.2) is 0 Å². The van der Waals surface area contributed by atoms with Gasteiger partial charge in [0.05, 0.1) is 23.1 Å². The molecule has 136 valence electrons. The van der Waals surface area contributed by atoms with Crippen LogP contribution in [0.5, 0.6) is 0 Å². The molecule has 25 heavy (non-hydrogen) atoms. The Kier molecular flexibility index (Phi) is 4.73. The van der Waals surface area contributed by atoms with Crippen molar-refractivity contribution in [3.05, 3.63) is 29.8 Å². The average molecular weight is 355 g/mol. The summed E-state index contributed by atoms with van der Waals surface area (Å²) >= 11 is 0. The molecule has 1 heterocycles. The molecule has 2 aliphatic rings. The molecular weight excluding hydrogens is 335 g/mol. The Morgan fingerprint density at radius 3 is 2.36 bits per heavy atom. The summed E-state index contributed by atoms with van der Waals surface area (Å²) in [6.45, 7) is 2.82. The Morgan fingerprint density at radius 1 is 1.08 bits per heavy atom. The minimum Gasteiger partial charge on any atom is -0.340 e. The number of hydrogen-bond acceptors (Lipinski definition) is 3. The molecule has 0 aromatic heterocycles. The van der Waals surface area contributed by atoms with Gasteiger partial charge >= 0.3 is 6.18 Å². The molecule has 0 radical (unpaired) electrons. The molecule has 1 aliphatic carbocycles. The summed E-state index contributed by atoms with van der Waals surface area (Å²) in [4.78, 5) is 28.5. The monoisotopic (exact) mass is 355 g/mol. The summed E-state index contributed by atoms with van der Waals surface area (Å²) in [5.74, 6) is -1.56. The Morgan fingerprint density at radius 2 is 1.72 bits per heavy atom. The highest BCUT2D eigenvalue weighted by molar-refractivity contribution is 6.00. The predicted molar refractivity (Wildman–Crippen MR) is 85.7 cm³/mol. The Labute approximate surface area is 143 Å². The van der Waals surface area contributed by atoms with Crippen molar-refractivity contribution in [3.8, 4) is 0 Å². The van der Waals surface area contributed by atoms with E-state index in [1.165, 1.54) is 18.2 Å². The van der Waals surface area contributed by atoms with Gasteiger partial charge in [-0.3, -0.25) is 9.59 Å². The number of halogens is 3. The van der Waals surface area contributed by atoms with Crippen LogP contribution in [0.4, 0.5) is 18.9 Å². The van der Waals surface area contributed by atoms with E-state index in [2.05, 4.69) is 10.2 Å². The lowest BCUT2D eigenvalue weighted by atomic mass is 10.1. The van der Waals surface area contributed by atoms with Crippen molar-refractivity contribution < 1.29 is 22.8 Å². The van der Waals surface area contributed by atoms with Crippen LogP contribution in [0.2, 0.25) is 0 Å². The second-order valence-electron chi connectivity index (χ2n) is 6.61. The summed E-state index contributed by atoms with van der Waals surface area (Å²) in [5, 5.41) is 2.34. The average Bonchev–Trinajstić information content (AvgIpc) is 3.35. The van der Waals surface area contributed by atoms with E-state index in [4.69, 9.17) is 0 Å². The van der Waals surface area contributed by atoms with Gasteiger partial charge in [0, 0.05) is 26.2 Å².